The lowest BCUT2D eigenvalue weighted by Crippen LogP contribution is -2.32. The second-order valence-corrected chi connectivity index (χ2v) is 4.78. The third-order valence-electron chi connectivity index (χ3n) is 3.58. The molecule has 0 saturated heterocycles. The van der Waals surface area contributed by atoms with Crippen LogP contribution in [0, 0.1) is 6.92 Å². The van der Waals surface area contributed by atoms with Gasteiger partial charge in [0.05, 0.1) is 24.4 Å². The van der Waals surface area contributed by atoms with Crippen molar-refractivity contribution < 1.29 is 4.74 Å². The molecule has 0 spiro atoms. The standard InChI is InChI=1S/C12H22N4O/c1-8-11(12(17-4)16(3)14-8)10(7-13)15(2)9-5-6-9/h9-10H,5-7,13H2,1-4H3. The highest BCUT2D eigenvalue weighted by Crippen LogP contribution is 2.36. The number of nitrogens with two attached hydrogens (primary N) is 1. The number of hydrogen-bond donors (Lipinski definition) is 1. The van der Waals surface area contributed by atoms with Crippen LogP contribution in [0.15, 0.2) is 0 Å². The quantitative estimate of drug-likeness (QED) is 0.825. The minimum atomic E-state index is 0.200. The summed E-state index contributed by atoms with van der Waals surface area (Å²) in [6.45, 7) is 2.61. The van der Waals surface area contributed by atoms with Crippen LogP contribution < -0.4 is 10.5 Å². The maximum absolute atomic E-state index is 5.94. The molecule has 0 aliphatic heterocycles. The first-order valence-corrected chi connectivity index (χ1v) is 6.09. The Bertz CT molecular complexity index is 397. The van der Waals surface area contributed by atoms with Gasteiger partial charge in [0, 0.05) is 19.6 Å². The molecule has 5 heteroatoms. The van der Waals surface area contributed by atoms with Crippen molar-refractivity contribution in [1.29, 1.82) is 0 Å². The topological polar surface area (TPSA) is 56.3 Å². The van der Waals surface area contributed by atoms with Gasteiger partial charge in [-0.3, -0.25) is 4.90 Å². The third-order valence-corrected chi connectivity index (χ3v) is 3.58. The molecule has 1 saturated carbocycles. The fourth-order valence-corrected chi connectivity index (χ4v) is 2.50. The van der Waals surface area contributed by atoms with Crippen LogP contribution in [-0.4, -0.2) is 41.4 Å². The minimum Gasteiger partial charge on any atom is -0.481 e. The lowest BCUT2D eigenvalue weighted by atomic mass is 10.1. The third kappa shape index (κ3) is 2.17. The zero-order valence-corrected chi connectivity index (χ0v) is 11.1. The van der Waals surface area contributed by atoms with Gasteiger partial charge in [0.25, 0.3) is 0 Å². The average Bonchev–Trinajstić information content (AvgIpc) is 3.08. The van der Waals surface area contributed by atoms with Crippen molar-refractivity contribution in [2.24, 2.45) is 12.8 Å². The molecular weight excluding hydrogens is 216 g/mol. The molecule has 1 aromatic rings. The zero-order chi connectivity index (χ0) is 12.6. The van der Waals surface area contributed by atoms with Gasteiger partial charge in [0.15, 0.2) is 0 Å². The summed E-state index contributed by atoms with van der Waals surface area (Å²) >= 11 is 0. The van der Waals surface area contributed by atoms with E-state index in [9.17, 15) is 0 Å². The van der Waals surface area contributed by atoms with E-state index in [2.05, 4.69) is 17.0 Å². The Balaban J connectivity index is 2.35. The molecule has 2 N–H and O–H groups in total. The van der Waals surface area contributed by atoms with Crippen molar-refractivity contribution in [2.75, 3.05) is 20.7 Å². The van der Waals surface area contributed by atoms with Gasteiger partial charge in [0.2, 0.25) is 5.88 Å². The van der Waals surface area contributed by atoms with E-state index in [4.69, 9.17) is 10.5 Å². The van der Waals surface area contributed by atoms with Gasteiger partial charge >= 0.3 is 0 Å². The Morgan fingerprint density at radius 3 is 2.71 bits per heavy atom. The normalized spacial score (nSPS) is 17.5. The van der Waals surface area contributed by atoms with Gasteiger partial charge in [-0.2, -0.15) is 5.10 Å². The van der Waals surface area contributed by atoms with E-state index in [0.29, 0.717) is 12.6 Å². The maximum atomic E-state index is 5.94. The number of ether oxygens (including phenoxy) is 1. The Morgan fingerprint density at radius 2 is 2.24 bits per heavy atom. The van der Waals surface area contributed by atoms with Crippen LogP contribution in [0.25, 0.3) is 0 Å². The molecule has 1 aromatic heterocycles. The van der Waals surface area contributed by atoms with Crippen molar-refractivity contribution in [2.45, 2.75) is 31.8 Å². The van der Waals surface area contributed by atoms with Gasteiger partial charge in [-0.1, -0.05) is 0 Å². The van der Waals surface area contributed by atoms with Crippen molar-refractivity contribution in [1.82, 2.24) is 14.7 Å². The van der Waals surface area contributed by atoms with Crippen LogP contribution in [0.1, 0.15) is 30.1 Å². The highest BCUT2D eigenvalue weighted by molar-refractivity contribution is 5.34. The van der Waals surface area contributed by atoms with Crippen molar-refractivity contribution in [3.63, 3.8) is 0 Å². The largest absolute Gasteiger partial charge is 0.481 e. The van der Waals surface area contributed by atoms with Crippen molar-refractivity contribution in [3.05, 3.63) is 11.3 Å². The molecule has 1 aliphatic rings. The molecule has 1 heterocycles. The second-order valence-electron chi connectivity index (χ2n) is 4.78. The smallest absolute Gasteiger partial charge is 0.216 e. The van der Waals surface area contributed by atoms with E-state index in [1.54, 1.807) is 11.8 Å². The van der Waals surface area contributed by atoms with Crippen LogP contribution in [0.2, 0.25) is 0 Å². The number of hydrogen-bond acceptors (Lipinski definition) is 4. The van der Waals surface area contributed by atoms with E-state index in [1.807, 2.05) is 14.0 Å². The Hall–Kier alpha value is -1.07. The highest BCUT2D eigenvalue weighted by Gasteiger charge is 2.34. The van der Waals surface area contributed by atoms with Crippen LogP contribution in [0.3, 0.4) is 0 Å². The number of aromatic nitrogens is 2. The fourth-order valence-electron chi connectivity index (χ4n) is 2.50. The Kier molecular flexibility index (Phi) is 3.40. The molecule has 1 unspecified atom stereocenters. The first-order chi connectivity index (χ1) is 8.10. The summed E-state index contributed by atoms with van der Waals surface area (Å²) in [5, 5.41) is 4.42. The van der Waals surface area contributed by atoms with E-state index in [1.165, 1.54) is 12.8 Å². The lowest BCUT2D eigenvalue weighted by molar-refractivity contribution is 0.232. The number of likely N-dealkylation sites (N-methyl/N-ethyl adjacent to an activating group) is 1. The zero-order valence-electron chi connectivity index (χ0n) is 11.1. The predicted molar refractivity (Wildman–Crippen MR) is 67.1 cm³/mol. The first-order valence-electron chi connectivity index (χ1n) is 6.09. The van der Waals surface area contributed by atoms with Crippen LogP contribution in [0.4, 0.5) is 0 Å². The van der Waals surface area contributed by atoms with E-state index >= 15 is 0 Å². The molecule has 5 nitrogen and oxygen atoms in total. The molecule has 0 amide bonds. The summed E-state index contributed by atoms with van der Waals surface area (Å²) in [5.74, 6) is 0.824. The highest BCUT2D eigenvalue weighted by atomic mass is 16.5. The maximum Gasteiger partial charge on any atom is 0.216 e. The number of aryl methyl sites for hydroxylation is 2. The predicted octanol–water partition coefficient (Wildman–Crippen LogP) is 0.831. The van der Waals surface area contributed by atoms with Crippen LogP contribution in [-0.2, 0) is 7.05 Å². The van der Waals surface area contributed by atoms with Gasteiger partial charge in [-0.15, -0.1) is 0 Å². The van der Waals surface area contributed by atoms with E-state index < -0.39 is 0 Å². The summed E-state index contributed by atoms with van der Waals surface area (Å²) in [5.41, 5.74) is 8.08. The minimum absolute atomic E-state index is 0.200. The molecule has 2 rings (SSSR count). The van der Waals surface area contributed by atoms with E-state index in [-0.39, 0.29) is 6.04 Å². The lowest BCUT2D eigenvalue weighted by Gasteiger charge is -2.27. The van der Waals surface area contributed by atoms with Gasteiger partial charge in [0.1, 0.15) is 0 Å². The number of rotatable bonds is 5. The molecule has 0 bridgehead atoms. The first kappa shape index (κ1) is 12.4. The molecule has 17 heavy (non-hydrogen) atoms. The fraction of sp³-hybridized carbons (Fsp3) is 0.750. The summed E-state index contributed by atoms with van der Waals surface area (Å²) in [4.78, 5) is 2.35. The SMILES string of the molecule is COc1c(C(CN)N(C)C2CC2)c(C)nn1C. The molecule has 96 valence electrons. The summed E-state index contributed by atoms with van der Waals surface area (Å²) < 4.78 is 7.23. The molecule has 0 aromatic carbocycles. The Morgan fingerprint density at radius 1 is 1.59 bits per heavy atom. The second kappa shape index (κ2) is 4.66. The van der Waals surface area contributed by atoms with Crippen molar-refractivity contribution in [3.8, 4) is 5.88 Å². The van der Waals surface area contributed by atoms with Crippen molar-refractivity contribution >= 4 is 0 Å². The van der Waals surface area contributed by atoms with Crippen LogP contribution >= 0.6 is 0 Å². The average molecular weight is 238 g/mol. The molecule has 1 fully saturated rings. The van der Waals surface area contributed by atoms with Gasteiger partial charge in [-0.25, -0.2) is 4.68 Å². The summed E-state index contributed by atoms with van der Waals surface area (Å²) in [7, 11) is 5.73. The van der Waals surface area contributed by atoms with E-state index in [0.717, 1.165) is 17.1 Å². The molecule has 0 radical (unpaired) electrons. The number of methoxy groups -OCH3 is 1. The monoisotopic (exact) mass is 238 g/mol. The summed E-state index contributed by atoms with van der Waals surface area (Å²) in [6.07, 6.45) is 2.54. The van der Waals surface area contributed by atoms with Gasteiger partial charge in [-0.05, 0) is 26.8 Å². The molecule has 1 atom stereocenters. The van der Waals surface area contributed by atoms with Gasteiger partial charge < -0.3 is 10.5 Å². The summed E-state index contributed by atoms with van der Waals surface area (Å²) in [6, 6.07) is 0.874. The molecule has 1 aliphatic carbocycles. The number of nitrogens with zero attached hydrogens (tertiary/aromatic N) is 3. The van der Waals surface area contributed by atoms with Crippen LogP contribution in [0.5, 0.6) is 5.88 Å². The molecular formula is C12H22N4O. The Labute approximate surface area is 103 Å².